The molecule has 5 aromatic rings. The lowest BCUT2D eigenvalue weighted by atomic mass is 10.1. The summed E-state index contributed by atoms with van der Waals surface area (Å²) in [5.74, 6) is 0. The molecule has 3 heterocycles. The van der Waals surface area contributed by atoms with Gasteiger partial charge in [-0.25, -0.2) is 9.50 Å². The fourth-order valence-corrected chi connectivity index (χ4v) is 3.20. The van der Waals surface area contributed by atoms with Crippen molar-refractivity contribution in [3.63, 3.8) is 0 Å². The highest BCUT2D eigenvalue weighted by Gasteiger charge is 2.15. The van der Waals surface area contributed by atoms with Crippen molar-refractivity contribution in [3.8, 4) is 0 Å². The molecule has 110 valence electrons. The first-order valence-electron chi connectivity index (χ1n) is 10.3. The van der Waals surface area contributed by atoms with Crippen molar-refractivity contribution in [1.29, 1.82) is 0 Å². The van der Waals surface area contributed by atoms with E-state index in [1.165, 1.54) is 4.52 Å². The normalized spacial score (nSPS) is 16.9. The Labute approximate surface area is 141 Å². The maximum atomic E-state index is 8.02. The van der Waals surface area contributed by atoms with Crippen molar-refractivity contribution in [1.82, 2.24) is 14.6 Å². The topological polar surface area (TPSA) is 30.2 Å². The Balaban J connectivity index is 2.13. The molecular weight excluding hydrogens is 282 g/mol. The number of hydrogen-bond acceptors (Lipinski definition) is 2. The van der Waals surface area contributed by atoms with Crippen LogP contribution >= 0.6 is 0 Å². The summed E-state index contributed by atoms with van der Waals surface area (Å²) in [7, 11) is 0. The summed E-state index contributed by atoms with van der Waals surface area (Å²) < 4.78 is 49.1. The molecule has 0 fully saturated rings. The maximum absolute atomic E-state index is 8.02. The molecule has 0 aliphatic carbocycles. The Hall–Kier alpha value is -2.94. The largest absolute Gasteiger partial charge is 0.245 e. The second-order valence-electron chi connectivity index (χ2n) is 5.58. The lowest BCUT2D eigenvalue weighted by Crippen LogP contribution is -1.95. The van der Waals surface area contributed by atoms with Gasteiger partial charge in [-0.1, -0.05) is 42.5 Å². The van der Waals surface area contributed by atoms with E-state index in [1.807, 2.05) is 42.5 Å². The van der Waals surface area contributed by atoms with E-state index in [1.54, 1.807) is 12.1 Å². The summed E-state index contributed by atoms with van der Waals surface area (Å²) in [6.45, 7) is -5.29. The summed E-state index contributed by atoms with van der Waals surface area (Å²) in [4.78, 5) is 4.78. The third-order valence-corrected chi connectivity index (χ3v) is 4.25. The summed E-state index contributed by atoms with van der Waals surface area (Å²) in [6, 6.07) is 16.8. The van der Waals surface area contributed by atoms with Crippen LogP contribution in [-0.2, 0) is 0 Å². The first-order chi connectivity index (χ1) is 13.7. The minimum atomic E-state index is -2.66. The average Bonchev–Trinajstić information content (AvgIpc) is 3.09. The molecule has 3 aromatic heterocycles. The first kappa shape index (κ1) is 8.06. The number of aromatic nitrogens is 3. The SMILES string of the molecule is [2H]C([2H])([2H])c1nn2c3cc4ccccc4nc3c3ccccc3c2c1C([2H])([2H])[2H]. The summed E-state index contributed by atoms with van der Waals surface area (Å²) >= 11 is 0. The van der Waals surface area contributed by atoms with Crippen molar-refractivity contribution in [2.45, 2.75) is 13.7 Å². The molecule has 0 bridgehead atoms. The van der Waals surface area contributed by atoms with Crippen LogP contribution in [0.1, 0.15) is 19.5 Å². The minimum Gasteiger partial charge on any atom is -0.245 e. The van der Waals surface area contributed by atoms with Gasteiger partial charge in [0.05, 0.1) is 27.8 Å². The van der Waals surface area contributed by atoms with E-state index in [0.29, 0.717) is 16.4 Å². The standard InChI is InChI=1S/C20H15N3/c1-12-13(2)22-23-18-11-14-7-3-6-10-17(14)21-19(18)15-8-4-5-9-16(15)20(12)23/h3-11H,1-2H3/i1D3,2D3. The third kappa shape index (κ3) is 1.59. The van der Waals surface area contributed by atoms with Crippen molar-refractivity contribution < 1.29 is 8.22 Å². The van der Waals surface area contributed by atoms with Gasteiger partial charge in [-0.3, -0.25) is 0 Å². The zero-order valence-electron chi connectivity index (χ0n) is 18.0. The van der Waals surface area contributed by atoms with Crippen LogP contribution in [0, 0.1) is 13.7 Å². The molecular formula is C20H15N3. The number of para-hydroxylation sites is 1. The number of aryl methyl sites for hydroxylation is 2. The van der Waals surface area contributed by atoms with Gasteiger partial charge in [0.1, 0.15) is 0 Å². The summed E-state index contributed by atoms with van der Waals surface area (Å²) in [5.41, 5.74) is 1.66. The molecule has 0 unspecified atom stereocenters. The first-order valence-corrected chi connectivity index (χ1v) is 7.30. The van der Waals surface area contributed by atoms with Crippen LogP contribution < -0.4 is 0 Å². The van der Waals surface area contributed by atoms with Crippen molar-refractivity contribution in [2.75, 3.05) is 0 Å². The van der Waals surface area contributed by atoms with E-state index in [2.05, 4.69) is 5.10 Å². The predicted molar refractivity (Wildman–Crippen MR) is 95.0 cm³/mol. The van der Waals surface area contributed by atoms with Crippen LogP contribution in [0.5, 0.6) is 0 Å². The Bertz CT molecular complexity index is 1430. The van der Waals surface area contributed by atoms with Crippen LogP contribution in [0.25, 0.3) is 38.2 Å². The number of nitrogens with zero attached hydrogens (tertiary/aromatic N) is 3. The zero-order valence-corrected chi connectivity index (χ0v) is 12.0. The zero-order chi connectivity index (χ0) is 20.6. The number of fused-ring (bicyclic) bond motifs is 7. The maximum Gasteiger partial charge on any atom is 0.0973 e. The van der Waals surface area contributed by atoms with E-state index in [0.717, 1.165) is 16.3 Å². The Morgan fingerprint density at radius 2 is 1.78 bits per heavy atom. The van der Waals surface area contributed by atoms with Crippen LogP contribution in [0.3, 0.4) is 0 Å². The van der Waals surface area contributed by atoms with Gasteiger partial charge < -0.3 is 0 Å². The quantitative estimate of drug-likeness (QED) is 0.304. The summed E-state index contributed by atoms with van der Waals surface area (Å²) in [6.07, 6.45) is 0. The highest BCUT2D eigenvalue weighted by atomic mass is 15.2. The van der Waals surface area contributed by atoms with Crippen LogP contribution in [0.15, 0.2) is 54.6 Å². The molecule has 0 spiro atoms. The fraction of sp³-hybridized carbons (Fsp3) is 0.100. The van der Waals surface area contributed by atoms with Gasteiger partial charge in [0, 0.05) is 24.4 Å². The van der Waals surface area contributed by atoms with Crippen molar-refractivity contribution in [2.24, 2.45) is 0 Å². The van der Waals surface area contributed by atoms with Gasteiger partial charge in [-0.05, 0) is 31.4 Å². The molecule has 0 atom stereocenters. The van der Waals surface area contributed by atoms with Crippen molar-refractivity contribution >= 4 is 38.2 Å². The molecule has 0 amide bonds. The monoisotopic (exact) mass is 303 g/mol. The van der Waals surface area contributed by atoms with Gasteiger partial charge in [0.25, 0.3) is 0 Å². The Morgan fingerprint density at radius 3 is 2.65 bits per heavy atom. The van der Waals surface area contributed by atoms with E-state index >= 15 is 0 Å². The number of hydrogen-bond donors (Lipinski definition) is 0. The third-order valence-electron chi connectivity index (χ3n) is 4.25. The van der Waals surface area contributed by atoms with E-state index < -0.39 is 19.4 Å². The van der Waals surface area contributed by atoms with Gasteiger partial charge >= 0.3 is 0 Å². The van der Waals surface area contributed by atoms with Crippen LogP contribution in [0.2, 0.25) is 0 Å². The van der Waals surface area contributed by atoms with E-state index in [-0.39, 0.29) is 11.1 Å². The van der Waals surface area contributed by atoms with Gasteiger partial charge in [-0.15, -0.1) is 0 Å². The lowest BCUT2D eigenvalue weighted by molar-refractivity contribution is 0.972. The second-order valence-corrected chi connectivity index (χ2v) is 5.58. The van der Waals surface area contributed by atoms with Gasteiger partial charge in [-0.2, -0.15) is 5.10 Å². The molecule has 0 radical (unpaired) electrons. The smallest absolute Gasteiger partial charge is 0.0973 e. The highest BCUT2D eigenvalue weighted by molar-refractivity contribution is 6.13. The molecule has 0 aliphatic rings. The molecule has 0 N–H and O–H groups in total. The summed E-state index contributed by atoms with van der Waals surface area (Å²) in [5, 5.41) is 6.51. The Kier molecular flexibility index (Phi) is 1.50. The molecule has 5 rings (SSSR count). The average molecular weight is 303 g/mol. The fourth-order valence-electron chi connectivity index (χ4n) is 3.20. The second kappa shape index (κ2) is 4.29. The lowest BCUT2D eigenvalue weighted by Gasteiger charge is -2.09. The number of benzene rings is 2. The molecule has 2 aromatic carbocycles. The van der Waals surface area contributed by atoms with Gasteiger partial charge in [0.15, 0.2) is 0 Å². The van der Waals surface area contributed by atoms with Crippen LogP contribution in [-0.4, -0.2) is 14.6 Å². The highest BCUT2D eigenvalue weighted by Crippen LogP contribution is 2.32. The minimum absolute atomic E-state index is 0.233. The van der Waals surface area contributed by atoms with E-state index in [9.17, 15) is 0 Å². The molecule has 3 nitrogen and oxygen atoms in total. The van der Waals surface area contributed by atoms with E-state index in [4.69, 9.17) is 13.2 Å². The van der Waals surface area contributed by atoms with Crippen LogP contribution in [0.4, 0.5) is 0 Å². The molecule has 23 heavy (non-hydrogen) atoms. The number of rotatable bonds is 0. The molecule has 0 saturated carbocycles. The predicted octanol–water partition coefficient (Wildman–Crippen LogP) is 4.81. The molecule has 0 aliphatic heterocycles. The Morgan fingerprint density at radius 1 is 0.957 bits per heavy atom. The molecule has 3 heteroatoms. The van der Waals surface area contributed by atoms with Crippen molar-refractivity contribution in [3.05, 3.63) is 65.9 Å². The van der Waals surface area contributed by atoms with Gasteiger partial charge in [0.2, 0.25) is 0 Å². The molecule has 0 saturated heterocycles. The number of pyridine rings is 2.